The molecule has 0 aromatic heterocycles. The van der Waals surface area contributed by atoms with Crippen molar-refractivity contribution in [1.82, 2.24) is 5.01 Å². The number of ketones is 1. The van der Waals surface area contributed by atoms with Gasteiger partial charge in [-0.3, -0.25) is 19.4 Å². The molecule has 198 valence electrons. The summed E-state index contributed by atoms with van der Waals surface area (Å²) >= 11 is 0. The molecule has 0 bridgehead atoms. The summed E-state index contributed by atoms with van der Waals surface area (Å²) in [6.45, 7) is 2.97. The molecule has 0 amide bonds. The number of fused-ring (bicyclic) bond motifs is 4. The van der Waals surface area contributed by atoms with Crippen LogP contribution < -0.4 is 4.74 Å². The van der Waals surface area contributed by atoms with Crippen molar-refractivity contribution in [3.8, 4) is 5.75 Å². The maximum atomic E-state index is 14.2. The molecule has 0 saturated carbocycles. The Balaban J connectivity index is 1.64. The van der Waals surface area contributed by atoms with E-state index in [1.807, 2.05) is 12.1 Å². The third-order valence-corrected chi connectivity index (χ3v) is 7.63. The van der Waals surface area contributed by atoms with E-state index in [-0.39, 0.29) is 5.56 Å². The van der Waals surface area contributed by atoms with Crippen molar-refractivity contribution in [2.75, 3.05) is 7.11 Å². The largest absolute Gasteiger partial charge is 0.497 e. The van der Waals surface area contributed by atoms with Gasteiger partial charge in [0.25, 0.3) is 5.79 Å². The van der Waals surface area contributed by atoms with Crippen molar-refractivity contribution in [2.24, 2.45) is 10.5 Å². The van der Waals surface area contributed by atoms with Crippen molar-refractivity contribution >= 4 is 23.9 Å². The third-order valence-electron chi connectivity index (χ3n) is 7.63. The SMILES string of the molecule is COc1ccc([C@@H]2[C@H](C(=O)c3ccc(F)cc3)N3N=Cc4ccccc4[C@@H]3C23C(=O)OC(C)(C)OC3=O)cc1. The first kappa shape index (κ1) is 24.8. The van der Waals surface area contributed by atoms with Gasteiger partial charge >= 0.3 is 11.9 Å². The molecule has 3 atom stereocenters. The number of nitrogens with zero attached hydrogens (tertiary/aromatic N) is 2. The molecule has 3 aromatic rings. The Bertz CT molecular complexity index is 1500. The van der Waals surface area contributed by atoms with Gasteiger partial charge in [0.15, 0.2) is 5.78 Å². The zero-order valence-corrected chi connectivity index (χ0v) is 21.5. The molecule has 8 nitrogen and oxygen atoms in total. The molecule has 2 fully saturated rings. The summed E-state index contributed by atoms with van der Waals surface area (Å²) in [5.74, 6) is -4.54. The molecule has 39 heavy (non-hydrogen) atoms. The van der Waals surface area contributed by atoms with E-state index < -0.39 is 52.7 Å². The van der Waals surface area contributed by atoms with E-state index in [0.717, 1.165) is 0 Å². The van der Waals surface area contributed by atoms with E-state index in [1.165, 1.54) is 50.2 Å². The second-order valence-corrected chi connectivity index (χ2v) is 10.3. The number of carbonyl (C=O) groups excluding carboxylic acids is 3. The van der Waals surface area contributed by atoms with Crippen LogP contribution >= 0.6 is 0 Å². The number of cyclic esters (lactones) is 2. The van der Waals surface area contributed by atoms with Crippen LogP contribution in [0.4, 0.5) is 4.39 Å². The van der Waals surface area contributed by atoms with E-state index in [2.05, 4.69) is 5.10 Å². The predicted octanol–water partition coefficient (Wildman–Crippen LogP) is 4.40. The van der Waals surface area contributed by atoms with Crippen LogP contribution in [0.3, 0.4) is 0 Å². The van der Waals surface area contributed by atoms with E-state index in [9.17, 15) is 18.8 Å². The second kappa shape index (κ2) is 8.76. The Labute approximate surface area is 224 Å². The quantitative estimate of drug-likeness (QED) is 0.282. The first-order valence-electron chi connectivity index (χ1n) is 12.5. The van der Waals surface area contributed by atoms with Crippen LogP contribution in [-0.4, -0.2) is 47.9 Å². The van der Waals surface area contributed by atoms with Crippen LogP contribution in [0, 0.1) is 11.2 Å². The molecule has 1 spiro atoms. The summed E-state index contributed by atoms with van der Waals surface area (Å²) in [5, 5.41) is 6.12. The average Bonchev–Trinajstić information content (AvgIpc) is 3.24. The topological polar surface area (TPSA) is 94.5 Å². The summed E-state index contributed by atoms with van der Waals surface area (Å²) in [6, 6.07) is 17.1. The van der Waals surface area contributed by atoms with E-state index >= 15 is 0 Å². The molecule has 2 saturated heterocycles. The normalized spacial score (nSPS) is 24.0. The zero-order chi connectivity index (χ0) is 27.5. The maximum Gasteiger partial charge on any atom is 0.330 e. The molecule has 0 radical (unpaired) electrons. The molecular weight excluding hydrogens is 503 g/mol. The second-order valence-electron chi connectivity index (χ2n) is 10.3. The van der Waals surface area contributed by atoms with Crippen molar-refractivity contribution in [2.45, 2.75) is 37.6 Å². The summed E-state index contributed by atoms with van der Waals surface area (Å²) < 4.78 is 30.6. The molecule has 9 heteroatoms. The molecule has 0 unspecified atom stereocenters. The number of rotatable bonds is 4. The third kappa shape index (κ3) is 3.64. The summed E-state index contributed by atoms with van der Waals surface area (Å²) in [6.07, 6.45) is 1.60. The van der Waals surface area contributed by atoms with Crippen LogP contribution in [0.1, 0.15) is 52.9 Å². The number of hydrogen-bond donors (Lipinski definition) is 0. The minimum atomic E-state index is -1.97. The standard InChI is InChI=1S/C30H25FN2O6/c1-29(2)38-27(35)30(28(36)39-29)23(17-10-14-21(37-3)15-11-17)24(25(34)18-8-12-20(31)13-9-18)33-26(30)22-7-5-4-6-19(22)16-32-33/h4-16,23-24,26H,1-3H3/t23-,24-,26-/m1/s1. The molecule has 3 aliphatic heterocycles. The van der Waals surface area contributed by atoms with Gasteiger partial charge in [-0.05, 0) is 53.1 Å². The Kier molecular flexibility index (Phi) is 5.57. The fourth-order valence-electron chi connectivity index (χ4n) is 5.98. The molecular formula is C30H25FN2O6. The Morgan fingerprint density at radius 2 is 1.59 bits per heavy atom. The summed E-state index contributed by atoms with van der Waals surface area (Å²) in [7, 11) is 1.52. The van der Waals surface area contributed by atoms with Crippen LogP contribution in [0.2, 0.25) is 0 Å². The number of methoxy groups -OCH3 is 1. The highest BCUT2D eigenvalue weighted by Gasteiger charge is 2.75. The number of ether oxygens (including phenoxy) is 3. The number of Topliss-reactive ketones (excluding diaryl/α,β-unsaturated/α-hetero) is 1. The molecule has 3 heterocycles. The highest BCUT2D eigenvalue weighted by Crippen LogP contribution is 2.63. The fourth-order valence-corrected chi connectivity index (χ4v) is 5.98. The number of hydrazone groups is 1. The Morgan fingerprint density at radius 3 is 2.23 bits per heavy atom. The number of hydrogen-bond acceptors (Lipinski definition) is 8. The summed E-state index contributed by atoms with van der Waals surface area (Å²) in [4.78, 5) is 42.6. The zero-order valence-electron chi connectivity index (χ0n) is 21.5. The van der Waals surface area contributed by atoms with Crippen molar-refractivity contribution in [3.63, 3.8) is 0 Å². The smallest absolute Gasteiger partial charge is 0.330 e. The Morgan fingerprint density at radius 1 is 0.949 bits per heavy atom. The number of carbonyl (C=O) groups is 3. The lowest BCUT2D eigenvalue weighted by atomic mass is 9.65. The maximum absolute atomic E-state index is 14.2. The lowest BCUT2D eigenvalue weighted by Gasteiger charge is -2.44. The first-order chi connectivity index (χ1) is 18.7. The number of benzene rings is 3. The predicted molar refractivity (Wildman–Crippen MR) is 138 cm³/mol. The van der Waals surface area contributed by atoms with E-state index in [1.54, 1.807) is 42.6 Å². The first-order valence-corrected chi connectivity index (χ1v) is 12.5. The van der Waals surface area contributed by atoms with Gasteiger partial charge in [-0.25, -0.2) is 4.39 Å². The summed E-state index contributed by atoms with van der Waals surface area (Å²) in [5.41, 5.74) is 0.0914. The lowest BCUT2D eigenvalue weighted by molar-refractivity contribution is -0.254. The number of halogens is 1. The minimum absolute atomic E-state index is 0.211. The average molecular weight is 529 g/mol. The van der Waals surface area contributed by atoms with Gasteiger partial charge in [-0.1, -0.05) is 36.4 Å². The minimum Gasteiger partial charge on any atom is -0.497 e. The monoisotopic (exact) mass is 528 g/mol. The molecule has 3 aromatic carbocycles. The van der Waals surface area contributed by atoms with E-state index in [0.29, 0.717) is 22.4 Å². The number of esters is 2. The van der Waals surface area contributed by atoms with Gasteiger partial charge in [-0.15, -0.1) is 0 Å². The Hall–Kier alpha value is -4.53. The van der Waals surface area contributed by atoms with Crippen LogP contribution in [0.5, 0.6) is 5.75 Å². The van der Waals surface area contributed by atoms with Gasteiger partial charge in [0.1, 0.15) is 23.7 Å². The van der Waals surface area contributed by atoms with Gasteiger partial charge in [-0.2, -0.15) is 5.10 Å². The van der Waals surface area contributed by atoms with Gasteiger partial charge in [0.05, 0.1) is 13.3 Å². The molecule has 0 N–H and O–H groups in total. The van der Waals surface area contributed by atoms with Gasteiger partial charge in [0.2, 0.25) is 5.41 Å². The van der Waals surface area contributed by atoms with Crippen molar-refractivity contribution < 1.29 is 33.0 Å². The van der Waals surface area contributed by atoms with E-state index in [4.69, 9.17) is 14.2 Å². The van der Waals surface area contributed by atoms with Gasteiger partial charge in [0, 0.05) is 25.3 Å². The van der Waals surface area contributed by atoms with Crippen molar-refractivity contribution in [3.05, 3.63) is 101 Å². The van der Waals surface area contributed by atoms with Gasteiger partial charge < -0.3 is 14.2 Å². The van der Waals surface area contributed by atoms with Crippen molar-refractivity contribution in [1.29, 1.82) is 0 Å². The van der Waals surface area contributed by atoms with Crippen LogP contribution in [0.15, 0.2) is 77.9 Å². The lowest BCUT2D eigenvalue weighted by Crippen LogP contribution is -2.58. The molecule has 6 rings (SSSR count). The van der Waals surface area contributed by atoms with Crippen LogP contribution in [-0.2, 0) is 19.1 Å². The molecule has 0 aliphatic carbocycles. The molecule has 3 aliphatic rings. The fraction of sp³-hybridized carbons (Fsp3) is 0.267. The highest BCUT2D eigenvalue weighted by atomic mass is 19.1. The van der Waals surface area contributed by atoms with Crippen LogP contribution in [0.25, 0.3) is 0 Å². The highest BCUT2D eigenvalue weighted by molar-refractivity contribution is 6.09.